The Morgan fingerprint density at radius 3 is 2.24 bits per heavy atom. The van der Waals surface area contributed by atoms with Crippen molar-refractivity contribution in [2.45, 2.75) is 58.5 Å². The minimum absolute atomic E-state index is 0.730. The number of aromatic nitrogens is 2. The summed E-state index contributed by atoms with van der Waals surface area (Å²) in [6.45, 7) is 4.51. The molecule has 33 heavy (non-hydrogen) atoms. The zero-order chi connectivity index (χ0) is 22.9. The molecule has 3 aromatic rings. The van der Waals surface area contributed by atoms with Gasteiger partial charge in [-0.3, -0.25) is 0 Å². The van der Waals surface area contributed by atoms with E-state index in [2.05, 4.69) is 80.5 Å². The Morgan fingerprint density at radius 1 is 0.848 bits per heavy atom. The van der Waals surface area contributed by atoms with Crippen molar-refractivity contribution in [2.24, 2.45) is 5.92 Å². The second-order valence-corrected chi connectivity index (χ2v) is 9.14. The lowest BCUT2D eigenvalue weighted by Crippen LogP contribution is -2.16. The molecule has 1 aromatic heterocycles. The molecule has 5 nitrogen and oxygen atoms in total. The highest BCUT2D eigenvalue weighted by Crippen LogP contribution is 2.26. The van der Waals surface area contributed by atoms with Gasteiger partial charge in [0, 0.05) is 38.4 Å². The SMILES string of the molecule is CNc1ccc(-c2ccc(CNCc3cc(NCCC4CCCCC4)nc(C)n3)cc2)cc1. The first-order valence-corrected chi connectivity index (χ1v) is 12.4. The smallest absolute Gasteiger partial charge is 0.129 e. The van der Waals surface area contributed by atoms with Gasteiger partial charge in [0.15, 0.2) is 0 Å². The van der Waals surface area contributed by atoms with Crippen LogP contribution < -0.4 is 16.0 Å². The van der Waals surface area contributed by atoms with Gasteiger partial charge in [0.2, 0.25) is 0 Å². The molecule has 1 fully saturated rings. The predicted octanol–water partition coefficient (Wildman–Crippen LogP) is 6.17. The van der Waals surface area contributed by atoms with E-state index in [0.29, 0.717) is 0 Å². The quantitative estimate of drug-likeness (QED) is 0.350. The van der Waals surface area contributed by atoms with Gasteiger partial charge >= 0.3 is 0 Å². The van der Waals surface area contributed by atoms with Crippen molar-refractivity contribution >= 4 is 11.5 Å². The lowest BCUT2D eigenvalue weighted by Gasteiger charge is -2.21. The number of anilines is 2. The number of hydrogen-bond acceptors (Lipinski definition) is 5. The summed E-state index contributed by atoms with van der Waals surface area (Å²) in [5, 5.41) is 10.2. The molecule has 0 saturated heterocycles. The molecule has 1 aliphatic rings. The molecule has 1 saturated carbocycles. The highest BCUT2D eigenvalue weighted by atomic mass is 15.0. The Morgan fingerprint density at radius 2 is 1.55 bits per heavy atom. The average Bonchev–Trinajstić information content (AvgIpc) is 2.85. The molecule has 0 amide bonds. The van der Waals surface area contributed by atoms with E-state index < -0.39 is 0 Å². The molecule has 5 heteroatoms. The van der Waals surface area contributed by atoms with Gasteiger partial charge < -0.3 is 16.0 Å². The predicted molar refractivity (Wildman–Crippen MR) is 138 cm³/mol. The third-order valence-corrected chi connectivity index (χ3v) is 6.57. The molecule has 1 aliphatic carbocycles. The molecule has 4 rings (SSSR count). The first kappa shape index (κ1) is 23.2. The van der Waals surface area contributed by atoms with Gasteiger partial charge in [-0.2, -0.15) is 0 Å². The fraction of sp³-hybridized carbons (Fsp3) is 0.429. The molecule has 0 aliphatic heterocycles. The van der Waals surface area contributed by atoms with Crippen molar-refractivity contribution in [3.63, 3.8) is 0 Å². The largest absolute Gasteiger partial charge is 0.388 e. The summed E-state index contributed by atoms with van der Waals surface area (Å²) >= 11 is 0. The van der Waals surface area contributed by atoms with Crippen LogP contribution in [-0.2, 0) is 13.1 Å². The minimum atomic E-state index is 0.730. The summed E-state index contributed by atoms with van der Waals surface area (Å²) in [6, 6.07) is 19.4. The summed E-state index contributed by atoms with van der Waals surface area (Å²) in [5.41, 5.74) is 5.89. The van der Waals surface area contributed by atoms with E-state index in [4.69, 9.17) is 0 Å². The molecule has 0 bridgehead atoms. The lowest BCUT2D eigenvalue weighted by atomic mass is 9.87. The normalized spacial score (nSPS) is 14.2. The summed E-state index contributed by atoms with van der Waals surface area (Å²) < 4.78 is 0. The zero-order valence-corrected chi connectivity index (χ0v) is 20.0. The van der Waals surface area contributed by atoms with Gasteiger partial charge in [-0.25, -0.2) is 9.97 Å². The molecule has 0 unspecified atom stereocenters. The lowest BCUT2D eigenvalue weighted by molar-refractivity contribution is 0.345. The number of nitrogens with zero attached hydrogens (tertiary/aromatic N) is 2. The van der Waals surface area contributed by atoms with Gasteiger partial charge in [0.1, 0.15) is 11.6 Å². The summed E-state index contributed by atoms with van der Waals surface area (Å²) in [7, 11) is 1.94. The molecule has 0 atom stereocenters. The van der Waals surface area contributed by atoms with E-state index >= 15 is 0 Å². The molecule has 3 N–H and O–H groups in total. The topological polar surface area (TPSA) is 61.9 Å². The van der Waals surface area contributed by atoms with Gasteiger partial charge in [-0.1, -0.05) is 68.5 Å². The van der Waals surface area contributed by atoms with Gasteiger partial charge in [-0.05, 0) is 48.1 Å². The Labute approximate surface area is 198 Å². The molecule has 174 valence electrons. The van der Waals surface area contributed by atoms with Crippen LogP contribution in [0.25, 0.3) is 11.1 Å². The van der Waals surface area contributed by atoms with Crippen molar-refractivity contribution in [3.8, 4) is 11.1 Å². The number of aryl methyl sites for hydroxylation is 1. The van der Waals surface area contributed by atoms with Crippen LogP contribution in [0.3, 0.4) is 0 Å². The standard InChI is InChI=1S/C28H37N5/c1-21-32-27(18-28(33-21)31-17-16-22-6-4-3-5-7-22)20-30-19-23-8-10-24(11-9-23)25-12-14-26(29-2)15-13-25/h8-15,18,22,29-30H,3-7,16-17,19-20H2,1-2H3,(H,31,32,33). The fourth-order valence-corrected chi connectivity index (χ4v) is 4.67. The number of hydrogen-bond donors (Lipinski definition) is 3. The van der Waals surface area contributed by atoms with Crippen molar-refractivity contribution in [3.05, 3.63) is 71.7 Å². The van der Waals surface area contributed by atoms with Crippen LogP contribution in [0.1, 0.15) is 55.6 Å². The van der Waals surface area contributed by atoms with E-state index in [9.17, 15) is 0 Å². The summed E-state index contributed by atoms with van der Waals surface area (Å²) in [4.78, 5) is 9.19. The maximum atomic E-state index is 4.61. The molecule has 0 radical (unpaired) electrons. The Kier molecular flexibility index (Phi) is 8.31. The number of benzene rings is 2. The van der Waals surface area contributed by atoms with Crippen LogP contribution in [0, 0.1) is 12.8 Å². The third kappa shape index (κ3) is 7.03. The molecular weight excluding hydrogens is 406 g/mol. The number of nitrogens with one attached hydrogen (secondary N) is 3. The van der Waals surface area contributed by atoms with Crippen LogP contribution in [0.2, 0.25) is 0 Å². The second-order valence-electron chi connectivity index (χ2n) is 9.14. The highest BCUT2D eigenvalue weighted by molar-refractivity contribution is 5.66. The first-order valence-electron chi connectivity index (χ1n) is 12.4. The van der Waals surface area contributed by atoms with E-state index in [0.717, 1.165) is 48.6 Å². The van der Waals surface area contributed by atoms with Crippen LogP contribution >= 0.6 is 0 Å². The van der Waals surface area contributed by atoms with Crippen LogP contribution in [0.5, 0.6) is 0 Å². The third-order valence-electron chi connectivity index (χ3n) is 6.57. The Balaban J connectivity index is 1.25. The minimum Gasteiger partial charge on any atom is -0.388 e. The fourth-order valence-electron chi connectivity index (χ4n) is 4.67. The molecule has 2 aromatic carbocycles. The second kappa shape index (κ2) is 11.8. The van der Waals surface area contributed by atoms with Crippen molar-refractivity contribution in [1.29, 1.82) is 0 Å². The molecular formula is C28H37N5. The van der Waals surface area contributed by atoms with E-state index in [1.54, 1.807) is 0 Å². The number of rotatable bonds is 10. The Bertz CT molecular complexity index is 992. The van der Waals surface area contributed by atoms with Crippen LogP contribution in [-0.4, -0.2) is 23.6 Å². The summed E-state index contributed by atoms with van der Waals surface area (Å²) in [6.07, 6.45) is 8.25. The van der Waals surface area contributed by atoms with Gasteiger partial charge in [0.25, 0.3) is 0 Å². The molecule has 1 heterocycles. The average molecular weight is 444 g/mol. The molecule has 0 spiro atoms. The maximum absolute atomic E-state index is 4.61. The van der Waals surface area contributed by atoms with Crippen molar-refractivity contribution < 1.29 is 0 Å². The maximum Gasteiger partial charge on any atom is 0.129 e. The van der Waals surface area contributed by atoms with Crippen molar-refractivity contribution in [1.82, 2.24) is 15.3 Å². The van der Waals surface area contributed by atoms with Crippen molar-refractivity contribution in [2.75, 3.05) is 24.2 Å². The van der Waals surface area contributed by atoms with E-state index in [-0.39, 0.29) is 0 Å². The monoisotopic (exact) mass is 443 g/mol. The van der Waals surface area contributed by atoms with Gasteiger partial charge in [-0.15, -0.1) is 0 Å². The highest BCUT2D eigenvalue weighted by Gasteiger charge is 2.13. The van der Waals surface area contributed by atoms with E-state index in [1.165, 1.54) is 55.2 Å². The van der Waals surface area contributed by atoms with Crippen LogP contribution in [0.15, 0.2) is 54.6 Å². The first-order chi connectivity index (χ1) is 16.2. The van der Waals surface area contributed by atoms with Crippen LogP contribution in [0.4, 0.5) is 11.5 Å². The summed E-state index contributed by atoms with van der Waals surface area (Å²) in [5.74, 6) is 2.65. The van der Waals surface area contributed by atoms with Gasteiger partial charge in [0.05, 0.1) is 5.69 Å². The zero-order valence-electron chi connectivity index (χ0n) is 20.0. The Hall–Kier alpha value is -2.92. The van der Waals surface area contributed by atoms with E-state index in [1.807, 2.05) is 14.0 Å².